The van der Waals surface area contributed by atoms with Crippen molar-refractivity contribution < 1.29 is 28.6 Å². The molecule has 0 N–H and O–H groups in total. The van der Waals surface area contributed by atoms with Crippen molar-refractivity contribution in [1.82, 2.24) is 0 Å². The number of esters is 3. The summed E-state index contributed by atoms with van der Waals surface area (Å²) in [5.74, 6) is -1.04. The first kappa shape index (κ1) is 73.8. The molecule has 0 saturated heterocycles. The second-order valence-corrected chi connectivity index (χ2v) is 20.2. The molecule has 1 unspecified atom stereocenters. The molecule has 0 rings (SSSR count). The molecule has 0 saturated carbocycles. The molecule has 0 aromatic heterocycles. The molecular formula is C73H114O6. The second kappa shape index (κ2) is 65.3. The first-order valence-electron chi connectivity index (χ1n) is 31.6. The van der Waals surface area contributed by atoms with Gasteiger partial charge in [-0.3, -0.25) is 14.4 Å². The van der Waals surface area contributed by atoms with Crippen LogP contribution >= 0.6 is 0 Å². The molecule has 6 heteroatoms. The number of allylic oxidation sites excluding steroid dienone is 28. The van der Waals surface area contributed by atoms with Gasteiger partial charge in [0.25, 0.3) is 0 Å². The van der Waals surface area contributed by atoms with Gasteiger partial charge in [-0.2, -0.15) is 0 Å². The normalized spacial score (nSPS) is 13.3. The van der Waals surface area contributed by atoms with Crippen LogP contribution in [0.25, 0.3) is 0 Å². The lowest BCUT2D eigenvalue weighted by atomic mass is 10.0. The van der Waals surface area contributed by atoms with E-state index in [0.29, 0.717) is 19.3 Å². The van der Waals surface area contributed by atoms with E-state index in [2.05, 4.69) is 179 Å². The van der Waals surface area contributed by atoms with Crippen LogP contribution in [0.15, 0.2) is 170 Å². The molecule has 0 aromatic carbocycles. The number of hydrogen-bond acceptors (Lipinski definition) is 6. The number of carbonyl (C=O) groups is 3. The Labute approximate surface area is 485 Å². The summed E-state index contributed by atoms with van der Waals surface area (Å²) >= 11 is 0. The molecule has 0 aliphatic carbocycles. The van der Waals surface area contributed by atoms with E-state index in [-0.39, 0.29) is 31.6 Å². The molecule has 0 aromatic rings. The summed E-state index contributed by atoms with van der Waals surface area (Å²) in [7, 11) is 0. The summed E-state index contributed by atoms with van der Waals surface area (Å²) in [6.07, 6.45) is 96.5. The van der Waals surface area contributed by atoms with Gasteiger partial charge in [-0.1, -0.05) is 281 Å². The van der Waals surface area contributed by atoms with E-state index in [0.717, 1.165) is 141 Å². The summed E-state index contributed by atoms with van der Waals surface area (Å²) in [6, 6.07) is 0. The molecule has 0 bridgehead atoms. The maximum absolute atomic E-state index is 12.9. The quantitative estimate of drug-likeness (QED) is 0.0261. The molecule has 0 spiro atoms. The van der Waals surface area contributed by atoms with Crippen molar-refractivity contribution in [1.29, 1.82) is 0 Å². The number of ether oxygens (including phenoxy) is 3. The molecule has 1 atom stereocenters. The minimum atomic E-state index is -0.837. The van der Waals surface area contributed by atoms with Crippen molar-refractivity contribution >= 4 is 17.9 Å². The van der Waals surface area contributed by atoms with E-state index in [4.69, 9.17) is 14.2 Å². The molecule has 6 nitrogen and oxygen atoms in total. The van der Waals surface area contributed by atoms with Crippen molar-refractivity contribution in [2.75, 3.05) is 13.2 Å². The Balaban J connectivity index is 4.50. The molecule has 79 heavy (non-hydrogen) atoms. The molecule has 0 fully saturated rings. The maximum atomic E-state index is 12.9. The van der Waals surface area contributed by atoms with E-state index in [1.165, 1.54) is 64.2 Å². The van der Waals surface area contributed by atoms with Crippen molar-refractivity contribution in [2.45, 2.75) is 258 Å². The molecule has 0 amide bonds. The Bertz CT molecular complexity index is 1820. The fraction of sp³-hybridized carbons (Fsp3) is 0.575. The molecular weight excluding hydrogens is 973 g/mol. The van der Waals surface area contributed by atoms with Gasteiger partial charge in [-0.05, 0) is 122 Å². The lowest BCUT2D eigenvalue weighted by molar-refractivity contribution is -0.166. The van der Waals surface area contributed by atoms with Gasteiger partial charge in [-0.15, -0.1) is 0 Å². The maximum Gasteiger partial charge on any atom is 0.306 e. The first-order valence-corrected chi connectivity index (χ1v) is 31.6. The lowest BCUT2D eigenvalue weighted by Crippen LogP contribution is -2.30. The molecule has 0 heterocycles. The third kappa shape index (κ3) is 63.5. The van der Waals surface area contributed by atoms with Crippen LogP contribution in [-0.4, -0.2) is 37.2 Å². The number of carbonyl (C=O) groups excluding carboxylic acids is 3. The SMILES string of the molecule is CC/C=C\C/C=C\C/C=C\C/C=C\C/C=C\C/C=C\C/C=C\C/C=C\CCCCCCC(=O)OCC(COC(=O)CCCCCCCCCCCCCCC)OC(=O)CC/C=C\C/C=C\C/C=C\C/C=C\C/C=C\C/C=C\CC. The lowest BCUT2D eigenvalue weighted by Gasteiger charge is -2.18. The fourth-order valence-electron chi connectivity index (χ4n) is 8.07. The molecule has 442 valence electrons. The highest BCUT2D eigenvalue weighted by atomic mass is 16.6. The predicted octanol–water partition coefficient (Wildman–Crippen LogP) is 21.9. The topological polar surface area (TPSA) is 78.9 Å². The van der Waals surface area contributed by atoms with E-state index in [1.807, 2.05) is 12.2 Å². The van der Waals surface area contributed by atoms with Gasteiger partial charge >= 0.3 is 17.9 Å². The van der Waals surface area contributed by atoms with Crippen LogP contribution in [0.1, 0.15) is 252 Å². The zero-order chi connectivity index (χ0) is 57.1. The smallest absolute Gasteiger partial charge is 0.306 e. The van der Waals surface area contributed by atoms with Crippen LogP contribution < -0.4 is 0 Å². The van der Waals surface area contributed by atoms with Gasteiger partial charge < -0.3 is 14.2 Å². The number of hydrogen-bond donors (Lipinski definition) is 0. The summed E-state index contributed by atoms with van der Waals surface area (Å²) in [4.78, 5) is 38.2. The van der Waals surface area contributed by atoms with E-state index >= 15 is 0 Å². The summed E-state index contributed by atoms with van der Waals surface area (Å²) in [5, 5.41) is 0. The van der Waals surface area contributed by atoms with Gasteiger partial charge in [0.1, 0.15) is 13.2 Å². The number of unbranched alkanes of at least 4 members (excludes halogenated alkanes) is 16. The predicted molar refractivity (Wildman–Crippen MR) is 343 cm³/mol. The fourth-order valence-corrected chi connectivity index (χ4v) is 8.07. The van der Waals surface area contributed by atoms with Crippen molar-refractivity contribution in [3.8, 4) is 0 Å². The monoisotopic (exact) mass is 1090 g/mol. The minimum Gasteiger partial charge on any atom is -0.462 e. The van der Waals surface area contributed by atoms with E-state index < -0.39 is 12.1 Å². The molecule has 0 aliphatic heterocycles. The Hall–Kier alpha value is -5.23. The van der Waals surface area contributed by atoms with Gasteiger partial charge in [0.05, 0.1) is 0 Å². The third-order valence-electron chi connectivity index (χ3n) is 12.7. The molecule has 0 radical (unpaired) electrons. The van der Waals surface area contributed by atoms with Crippen LogP contribution in [0.5, 0.6) is 0 Å². The third-order valence-corrected chi connectivity index (χ3v) is 12.7. The largest absolute Gasteiger partial charge is 0.462 e. The number of rotatable bonds is 55. The van der Waals surface area contributed by atoms with Crippen molar-refractivity contribution in [3.05, 3.63) is 170 Å². The van der Waals surface area contributed by atoms with Crippen LogP contribution in [0, 0.1) is 0 Å². The summed E-state index contributed by atoms with van der Waals surface area (Å²) < 4.78 is 16.8. The first-order chi connectivity index (χ1) is 39.0. The van der Waals surface area contributed by atoms with Crippen LogP contribution in [0.4, 0.5) is 0 Å². The average molecular weight is 1090 g/mol. The Morgan fingerprint density at radius 1 is 0.266 bits per heavy atom. The Morgan fingerprint density at radius 3 is 0.823 bits per heavy atom. The minimum absolute atomic E-state index is 0.122. The standard InChI is InChI=1S/C73H114O6/c1-4-7-10-13-16-19-22-25-27-29-31-32-33-34-35-36-37-38-39-40-42-43-45-48-51-54-57-60-63-66-72(75)78-69-70(68-77-71(74)65-62-59-56-53-50-47-24-21-18-15-12-9-6-3)79-73(76)67-64-61-58-55-52-49-46-44-41-30-28-26-23-20-17-14-11-8-5-2/h7-8,10-11,16-17,19-20,25-28,31-32,34-35,37-38,40-42,44-45,48-49,52,58,61,70H,4-6,9,12-15,18,21-24,29-30,33,36,39,43,46-47,50-51,53-57,59-60,62-69H2,1-3H3/b10-7-,11-8-,19-16-,20-17-,27-25-,28-26-,32-31-,35-34-,38-37-,42-40-,44-41-,48-45-,52-49-,61-58-. The van der Waals surface area contributed by atoms with E-state index in [9.17, 15) is 14.4 Å². The summed E-state index contributed by atoms with van der Waals surface area (Å²) in [6.45, 7) is 6.32. The van der Waals surface area contributed by atoms with Crippen molar-refractivity contribution in [2.24, 2.45) is 0 Å². The zero-order valence-corrected chi connectivity index (χ0v) is 50.6. The van der Waals surface area contributed by atoms with Crippen molar-refractivity contribution in [3.63, 3.8) is 0 Å². The Morgan fingerprint density at radius 2 is 0.519 bits per heavy atom. The van der Waals surface area contributed by atoms with Gasteiger partial charge in [0, 0.05) is 19.3 Å². The van der Waals surface area contributed by atoms with Crippen LogP contribution in [-0.2, 0) is 28.6 Å². The second-order valence-electron chi connectivity index (χ2n) is 20.2. The highest BCUT2D eigenvalue weighted by molar-refractivity contribution is 5.71. The van der Waals surface area contributed by atoms with Gasteiger partial charge in [-0.25, -0.2) is 0 Å². The highest BCUT2D eigenvalue weighted by Gasteiger charge is 2.19. The van der Waals surface area contributed by atoms with Crippen LogP contribution in [0.2, 0.25) is 0 Å². The van der Waals surface area contributed by atoms with E-state index in [1.54, 1.807) is 0 Å². The average Bonchev–Trinajstić information content (AvgIpc) is 3.45. The Kier molecular flexibility index (Phi) is 61.0. The van der Waals surface area contributed by atoms with Gasteiger partial charge in [0.2, 0.25) is 0 Å². The highest BCUT2D eigenvalue weighted by Crippen LogP contribution is 2.14. The zero-order valence-electron chi connectivity index (χ0n) is 50.6. The van der Waals surface area contributed by atoms with Gasteiger partial charge in [0.15, 0.2) is 6.10 Å². The molecule has 0 aliphatic rings. The summed E-state index contributed by atoms with van der Waals surface area (Å²) in [5.41, 5.74) is 0. The van der Waals surface area contributed by atoms with Crippen LogP contribution in [0.3, 0.4) is 0 Å².